The number of carbonyl (C=O) groups excluding carboxylic acids is 4. The third kappa shape index (κ3) is 28.4. The lowest BCUT2D eigenvalue weighted by atomic mass is 9.98. The number of nitrogens with two attached hydrogens (primary N) is 4. The molecule has 4 unspecified atom stereocenters. The summed E-state index contributed by atoms with van der Waals surface area (Å²) in [6.45, 7) is 14.1. The van der Waals surface area contributed by atoms with Gasteiger partial charge in [0.15, 0.2) is 23.1 Å². The molecule has 4 atom stereocenters. The van der Waals surface area contributed by atoms with Crippen LogP contribution < -0.4 is 22.9 Å². The molecule has 12 N–H and O–H groups in total. The molecule has 0 saturated carbocycles. The summed E-state index contributed by atoms with van der Waals surface area (Å²) in [6.07, 6.45) is 10.3. The van der Waals surface area contributed by atoms with E-state index in [1.54, 1.807) is 85.5 Å². The SMILES string of the molecule is CCN(CC)CC(O)CCC(=O)c1ccc(C#Cc2c(N)ncc3ccc(Cl)cc23)cc1.Cc1cc(C#Cc2c(N)ncc3ccc(Cl)cc23)ccc1C(=O)CCC(O)CN(C)C.Cc1cc(C(=O)CCC(O)CN(C)C)ccc1C#Cc1c(N)ncc2ccc(Cl)cc12.Nc1ncc2ccc(Cl)cc2c1C#Cc1ccc(C(=O)CCC(O)CN2CCCC2)cc1. The van der Waals surface area contributed by atoms with Crippen LogP contribution in [-0.2, 0) is 0 Å². The first kappa shape index (κ1) is 96.6. The number of hydrogen-bond acceptors (Lipinski definition) is 20. The van der Waals surface area contributed by atoms with Gasteiger partial charge in [-0.1, -0.05) is 162 Å². The number of likely N-dealkylation sites (N-methyl/N-ethyl adjacent to an activating group) is 3. The van der Waals surface area contributed by atoms with Gasteiger partial charge in [0, 0.05) is 184 Å². The molecule has 4 aromatic heterocycles. The van der Waals surface area contributed by atoms with Crippen molar-refractivity contribution in [2.24, 2.45) is 0 Å². The van der Waals surface area contributed by atoms with E-state index >= 15 is 0 Å². The van der Waals surface area contributed by atoms with Crippen molar-refractivity contribution in [3.8, 4) is 47.4 Å². The van der Waals surface area contributed by atoms with Gasteiger partial charge in [-0.05, 0) is 221 Å². The van der Waals surface area contributed by atoms with Crippen LogP contribution in [0.5, 0.6) is 0 Å². The number of likely N-dealkylation sites (tertiary alicyclic amines) is 1. The second kappa shape index (κ2) is 47.1. The first-order chi connectivity index (χ1) is 60.4. The molecule has 20 nitrogen and oxygen atoms in total. The maximum atomic E-state index is 12.6. The van der Waals surface area contributed by atoms with Crippen molar-refractivity contribution in [3.63, 3.8) is 0 Å². The number of fused-ring (bicyclic) bond motifs is 4. The van der Waals surface area contributed by atoms with Gasteiger partial charge in [0.05, 0.1) is 46.7 Å². The standard InChI is InChI=1S/C26H26ClN3O2.C26H28ClN3O2.2C25H26ClN3O2/c27-21-9-8-20-16-29-26(28)23(24(20)15-21)11-5-18-3-6-19(7-4-18)25(32)12-10-22(31)17-30-13-1-2-14-30;1-3-30(4-2)17-22(31)12-14-25(32)19-8-5-18(6-9-19)7-13-23-24-15-21(27)11-10-20(24)16-29-26(23)28;1-16-12-17(4-9-21(16)24(31)11-8-20(30)15-29(2)3)5-10-22-23-13-19(26)7-6-18(23)14-28-25(22)27;1-16-12-18(24(31)11-9-21(30)15-29(2)3)5-4-17(16)7-10-22-23-13-20(26)8-6-19(23)14-28-25(22)27/h3-4,6-9,15-16,22,31H,1-2,10,12-14,17H2,(H2,28,29);5-6,8-11,15-16,22,31H,3-4,12,14,17H2,1-2H3,(H2,28,29);4,6-7,9,12-14,20,30H,8,11,15H2,1-3H3,(H2,27,28);4-6,8,12-14,21,30H,9,11,15H2,1-3H3,(H2,27,28). The van der Waals surface area contributed by atoms with Gasteiger partial charge in [-0.3, -0.25) is 19.2 Å². The summed E-state index contributed by atoms with van der Waals surface area (Å²) < 4.78 is 0. The third-order valence-corrected chi connectivity index (χ3v) is 22.3. The molecule has 5 heterocycles. The zero-order valence-electron chi connectivity index (χ0n) is 72.2. The molecule has 1 aliphatic rings. The van der Waals surface area contributed by atoms with Gasteiger partial charge < -0.3 is 63.0 Å². The lowest BCUT2D eigenvalue weighted by Crippen LogP contribution is -2.32. The smallest absolute Gasteiger partial charge is 0.163 e. The summed E-state index contributed by atoms with van der Waals surface area (Å²) in [4.78, 5) is 75.2. The number of nitrogen functional groups attached to an aromatic ring is 4. The summed E-state index contributed by atoms with van der Waals surface area (Å²) in [5.74, 6) is 26.4. The number of halogens is 4. The largest absolute Gasteiger partial charge is 0.392 e. The fraction of sp³-hybridized carbons (Fsp3) is 0.294. The number of nitrogens with zero attached hydrogens (tertiary/aromatic N) is 8. The fourth-order valence-corrected chi connectivity index (χ4v) is 15.1. The van der Waals surface area contributed by atoms with E-state index in [4.69, 9.17) is 69.3 Å². The molecule has 650 valence electrons. The van der Waals surface area contributed by atoms with Gasteiger partial charge in [-0.15, -0.1) is 0 Å². The Morgan fingerprint density at radius 3 is 1.09 bits per heavy atom. The van der Waals surface area contributed by atoms with Crippen molar-refractivity contribution in [1.82, 2.24) is 39.5 Å². The van der Waals surface area contributed by atoms with Crippen molar-refractivity contribution in [1.29, 1.82) is 0 Å². The van der Waals surface area contributed by atoms with Crippen LogP contribution in [0.1, 0.15) is 175 Å². The van der Waals surface area contributed by atoms with Gasteiger partial charge in [0.1, 0.15) is 23.3 Å². The number of anilines is 4. The van der Waals surface area contributed by atoms with Gasteiger partial charge in [0.25, 0.3) is 0 Å². The summed E-state index contributed by atoms with van der Waals surface area (Å²) in [5, 5.41) is 49.9. The van der Waals surface area contributed by atoms with Crippen molar-refractivity contribution in [2.45, 2.75) is 116 Å². The molecule has 1 fully saturated rings. The average molecular weight is 1770 g/mol. The van der Waals surface area contributed by atoms with E-state index < -0.39 is 24.4 Å². The molecule has 0 amide bonds. The van der Waals surface area contributed by atoms with E-state index in [1.807, 2.05) is 149 Å². The number of Topliss-reactive ketones (excluding diaryl/α,β-unsaturated/α-hetero) is 4. The Hall–Kier alpha value is -11.6. The Kier molecular flexibility index (Phi) is 36.1. The Morgan fingerprint density at radius 1 is 0.389 bits per heavy atom. The number of aromatic nitrogens is 4. The Balaban J connectivity index is 0.000000175. The lowest BCUT2D eigenvalue weighted by Gasteiger charge is -2.21. The molecule has 0 bridgehead atoms. The van der Waals surface area contributed by atoms with E-state index in [-0.39, 0.29) is 23.1 Å². The highest BCUT2D eigenvalue weighted by molar-refractivity contribution is 6.32. The molecular formula is C102H106Cl4N12O8. The highest BCUT2D eigenvalue weighted by Crippen LogP contribution is 2.31. The minimum absolute atomic E-state index is 0.0116. The second-order valence-corrected chi connectivity index (χ2v) is 33.4. The quantitative estimate of drug-likeness (QED) is 0.0184. The number of pyridine rings is 4. The number of aryl methyl sites for hydroxylation is 2. The highest BCUT2D eigenvalue weighted by atomic mass is 35.5. The monoisotopic (exact) mass is 1770 g/mol. The normalized spacial score (nSPS) is 12.7. The summed E-state index contributed by atoms with van der Waals surface area (Å²) in [5.41, 5.74) is 34.1. The van der Waals surface area contributed by atoms with Gasteiger partial charge in [-0.25, -0.2) is 19.9 Å². The number of hydrogen-bond donors (Lipinski definition) is 8. The van der Waals surface area contributed by atoms with E-state index in [0.29, 0.717) is 165 Å². The number of β-amino-alcohol motifs (C(OH)–C–C–N with tert-alkyl or cyclic N) is 1. The summed E-state index contributed by atoms with van der Waals surface area (Å²) in [7, 11) is 7.58. The topological polar surface area (TPSA) is 318 Å². The van der Waals surface area contributed by atoms with Crippen molar-refractivity contribution < 1.29 is 39.6 Å². The second-order valence-electron chi connectivity index (χ2n) is 31.7. The van der Waals surface area contributed by atoms with Gasteiger partial charge in [-0.2, -0.15) is 0 Å². The van der Waals surface area contributed by atoms with E-state index in [2.05, 4.69) is 90.9 Å². The Morgan fingerprint density at radius 2 is 0.722 bits per heavy atom. The van der Waals surface area contributed by atoms with Crippen LogP contribution in [0.3, 0.4) is 0 Å². The van der Waals surface area contributed by atoms with Crippen LogP contribution in [0.2, 0.25) is 20.1 Å². The predicted octanol–water partition coefficient (Wildman–Crippen LogP) is 17.0. The lowest BCUT2D eigenvalue weighted by molar-refractivity contribution is 0.0876. The van der Waals surface area contributed by atoms with Crippen LogP contribution in [0.25, 0.3) is 43.1 Å². The van der Waals surface area contributed by atoms with E-state index in [0.717, 1.165) is 103 Å². The summed E-state index contributed by atoms with van der Waals surface area (Å²) >= 11 is 24.5. The third-order valence-electron chi connectivity index (χ3n) is 21.3. The van der Waals surface area contributed by atoms with Crippen LogP contribution >= 0.6 is 46.4 Å². The first-order valence-electron chi connectivity index (χ1n) is 41.8. The van der Waals surface area contributed by atoms with Gasteiger partial charge in [0.2, 0.25) is 0 Å². The minimum Gasteiger partial charge on any atom is -0.392 e. The first-order valence-corrected chi connectivity index (χ1v) is 43.3. The number of aliphatic hydroxyl groups excluding tert-OH is 4. The van der Waals surface area contributed by atoms with Gasteiger partial charge >= 0.3 is 0 Å². The minimum atomic E-state index is -0.516. The molecule has 12 aromatic rings. The molecule has 0 radical (unpaired) electrons. The van der Waals surface area contributed by atoms with E-state index in [9.17, 15) is 39.6 Å². The van der Waals surface area contributed by atoms with Crippen LogP contribution in [0.4, 0.5) is 23.3 Å². The molecule has 1 saturated heterocycles. The highest BCUT2D eigenvalue weighted by Gasteiger charge is 2.21. The summed E-state index contributed by atoms with van der Waals surface area (Å²) in [6, 6.07) is 47.4. The number of aliphatic hydroxyl groups is 4. The molecule has 0 aliphatic carbocycles. The zero-order valence-corrected chi connectivity index (χ0v) is 75.2. The predicted molar refractivity (Wildman–Crippen MR) is 513 cm³/mol. The number of carbonyl (C=O) groups is 4. The van der Waals surface area contributed by atoms with Crippen molar-refractivity contribution in [2.75, 3.05) is 103 Å². The Bertz CT molecular complexity index is 5980. The van der Waals surface area contributed by atoms with Crippen LogP contribution in [0, 0.1) is 61.2 Å². The molecule has 24 heteroatoms. The number of rotatable bonds is 26. The molecule has 13 rings (SSSR count). The van der Waals surface area contributed by atoms with Crippen molar-refractivity contribution in [3.05, 3.63) is 280 Å². The van der Waals surface area contributed by atoms with Crippen LogP contribution in [-0.4, -0.2) is 188 Å². The maximum absolute atomic E-state index is 12.6. The van der Waals surface area contributed by atoms with E-state index in [1.165, 1.54) is 12.8 Å². The zero-order chi connectivity index (χ0) is 90.7. The molecule has 126 heavy (non-hydrogen) atoms. The van der Waals surface area contributed by atoms with Crippen LogP contribution in [0.15, 0.2) is 183 Å². The Labute approximate surface area is 757 Å². The molecule has 0 spiro atoms. The maximum Gasteiger partial charge on any atom is 0.163 e. The average Bonchev–Trinajstić information content (AvgIpc) is 0.848. The molecular weight excluding hydrogens is 1660 g/mol. The van der Waals surface area contributed by atoms with Crippen molar-refractivity contribution >= 4 is 136 Å². The fourth-order valence-electron chi connectivity index (χ4n) is 14.4. The number of benzene rings is 8. The molecule has 1 aliphatic heterocycles. The number of ketones is 4. The molecule has 8 aromatic carbocycles.